The van der Waals surface area contributed by atoms with Crippen molar-refractivity contribution in [1.82, 2.24) is 5.32 Å². The van der Waals surface area contributed by atoms with Crippen LogP contribution in [0.2, 0.25) is 5.02 Å². The molecule has 1 amide bonds. The lowest BCUT2D eigenvalue weighted by molar-refractivity contribution is 0.197. The molecule has 9 heteroatoms. The van der Waals surface area contributed by atoms with Crippen LogP contribution in [0.3, 0.4) is 0 Å². The van der Waals surface area contributed by atoms with E-state index in [-0.39, 0.29) is 0 Å². The quantitative estimate of drug-likeness (QED) is 0.424. The Kier molecular flexibility index (Phi) is 6.89. The number of ether oxygens (including phenoxy) is 1. The fourth-order valence-corrected chi connectivity index (χ4v) is 2.39. The van der Waals surface area contributed by atoms with Crippen molar-refractivity contribution in [1.29, 1.82) is 0 Å². The van der Waals surface area contributed by atoms with Gasteiger partial charge in [0.05, 0.1) is 0 Å². The molecule has 2 rings (SSSR count). The molecule has 1 atom stereocenters. The SMILES string of the molecule is O=C(N[C@@H](Nc1ccc(Cl)cc1)C(Cl)(Cl)Cl)Oc1ccc(Br)cc1. The van der Waals surface area contributed by atoms with E-state index < -0.39 is 16.1 Å². The summed E-state index contributed by atoms with van der Waals surface area (Å²) >= 11 is 26.9. The van der Waals surface area contributed by atoms with Crippen LogP contribution in [0.15, 0.2) is 53.0 Å². The Morgan fingerprint density at radius 1 is 1.04 bits per heavy atom. The summed E-state index contributed by atoms with van der Waals surface area (Å²) in [7, 11) is 0. The van der Waals surface area contributed by atoms with E-state index in [1.807, 2.05) is 0 Å². The molecule has 0 aliphatic heterocycles. The molecule has 128 valence electrons. The summed E-state index contributed by atoms with van der Waals surface area (Å²) in [5.41, 5.74) is 0.611. The number of nitrogens with one attached hydrogen (secondary N) is 2. The van der Waals surface area contributed by atoms with Crippen molar-refractivity contribution in [3.8, 4) is 5.75 Å². The first kappa shape index (κ1) is 19.5. The van der Waals surface area contributed by atoms with Crippen molar-refractivity contribution in [2.24, 2.45) is 0 Å². The molecular weight excluding hydrogens is 462 g/mol. The van der Waals surface area contributed by atoms with Gasteiger partial charge < -0.3 is 10.1 Å². The molecular formula is C15H11BrCl4N2O2. The minimum Gasteiger partial charge on any atom is -0.410 e. The summed E-state index contributed by atoms with van der Waals surface area (Å²) in [4.78, 5) is 12.0. The summed E-state index contributed by atoms with van der Waals surface area (Å²) in [6, 6.07) is 13.4. The van der Waals surface area contributed by atoms with Gasteiger partial charge in [-0.1, -0.05) is 62.3 Å². The zero-order chi connectivity index (χ0) is 17.7. The van der Waals surface area contributed by atoms with Crippen molar-refractivity contribution in [2.45, 2.75) is 9.96 Å². The van der Waals surface area contributed by atoms with E-state index in [4.69, 9.17) is 51.1 Å². The van der Waals surface area contributed by atoms with Crippen LogP contribution in [-0.2, 0) is 0 Å². The molecule has 0 spiro atoms. The van der Waals surface area contributed by atoms with E-state index in [0.717, 1.165) is 4.47 Å². The highest BCUT2D eigenvalue weighted by Crippen LogP contribution is 2.31. The molecule has 4 nitrogen and oxygen atoms in total. The summed E-state index contributed by atoms with van der Waals surface area (Å²) in [6.07, 6.45) is -1.79. The van der Waals surface area contributed by atoms with Gasteiger partial charge in [-0.3, -0.25) is 5.32 Å². The Balaban J connectivity index is 2.04. The Morgan fingerprint density at radius 2 is 1.62 bits per heavy atom. The van der Waals surface area contributed by atoms with Crippen LogP contribution in [-0.4, -0.2) is 16.1 Å². The molecule has 2 aromatic carbocycles. The predicted molar refractivity (Wildman–Crippen MR) is 102 cm³/mol. The number of hydrogen-bond acceptors (Lipinski definition) is 3. The van der Waals surface area contributed by atoms with Crippen molar-refractivity contribution in [3.63, 3.8) is 0 Å². The Labute approximate surface area is 167 Å². The molecule has 0 aliphatic carbocycles. The topological polar surface area (TPSA) is 50.4 Å². The molecule has 0 bridgehead atoms. The van der Waals surface area contributed by atoms with E-state index in [1.54, 1.807) is 48.5 Å². The van der Waals surface area contributed by atoms with E-state index in [9.17, 15) is 4.79 Å². The Morgan fingerprint density at radius 3 is 2.17 bits per heavy atom. The van der Waals surface area contributed by atoms with Crippen molar-refractivity contribution in [2.75, 3.05) is 5.32 Å². The van der Waals surface area contributed by atoms with Crippen LogP contribution < -0.4 is 15.4 Å². The standard InChI is InChI=1S/C15H11BrCl4N2O2/c16-9-1-7-12(8-2-9)24-14(23)22-13(15(18,19)20)21-11-5-3-10(17)4-6-11/h1-8,13,21H,(H,22,23)/t13-/m1/s1. The monoisotopic (exact) mass is 470 g/mol. The lowest BCUT2D eigenvalue weighted by Crippen LogP contribution is -2.50. The fourth-order valence-electron chi connectivity index (χ4n) is 1.67. The molecule has 0 heterocycles. The van der Waals surface area contributed by atoms with Gasteiger partial charge in [-0.05, 0) is 48.5 Å². The summed E-state index contributed by atoms with van der Waals surface area (Å²) in [6.45, 7) is 0. The van der Waals surface area contributed by atoms with Crippen LogP contribution in [0.1, 0.15) is 0 Å². The normalized spacial score (nSPS) is 12.4. The smallest absolute Gasteiger partial charge is 0.410 e. The number of benzene rings is 2. The van der Waals surface area contributed by atoms with Crippen molar-refractivity contribution >= 4 is 74.1 Å². The second-order valence-electron chi connectivity index (χ2n) is 4.61. The lowest BCUT2D eigenvalue weighted by atomic mass is 10.3. The average Bonchev–Trinajstić information content (AvgIpc) is 2.50. The molecule has 0 aromatic heterocycles. The number of carbonyl (C=O) groups is 1. The maximum atomic E-state index is 12.0. The van der Waals surface area contributed by atoms with Gasteiger partial charge in [0.15, 0.2) is 0 Å². The third kappa shape index (κ3) is 6.22. The Hall–Kier alpha value is -0.850. The summed E-state index contributed by atoms with van der Waals surface area (Å²) in [5, 5.41) is 5.93. The summed E-state index contributed by atoms with van der Waals surface area (Å²) in [5.74, 6) is 0.352. The molecule has 2 aromatic rings. The average molecular weight is 473 g/mol. The zero-order valence-corrected chi connectivity index (χ0v) is 16.5. The van der Waals surface area contributed by atoms with Crippen LogP contribution in [0.5, 0.6) is 5.75 Å². The first-order valence-corrected chi connectivity index (χ1v) is 8.87. The molecule has 0 radical (unpaired) electrons. The van der Waals surface area contributed by atoms with Crippen molar-refractivity contribution < 1.29 is 9.53 Å². The van der Waals surface area contributed by atoms with Crippen LogP contribution in [0.25, 0.3) is 0 Å². The van der Waals surface area contributed by atoms with Gasteiger partial charge in [-0.15, -0.1) is 0 Å². The number of amides is 1. The molecule has 2 N–H and O–H groups in total. The second kappa shape index (κ2) is 8.50. The minimum absolute atomic E-state index is 0.352. The Bertz CT molecular complexity index is 690. The maximum absolute atomic E-state index is 12.0. The predicted octanol–water partition coefficient (Wildman–Crippen LogP) is 6.00. The van der Waals surface area contributed by atoms with Crippen LogP contribution in [0, 0.1) is 0 Å². The third-order valence-electron chi connectivity index (χ3n) is 2.77. The number of halogens is 5. The first-order chi connectivity index (χ1) is 11.2. The van der Waals surface area contributed by atoms with Gasteiger partial charge in [-0.2, -0.15) is 0 Å². The third-order valence-corrected chi connectivity index (χ3v) is 4.20. The van der Waals surface area contributed by atoms with Gasteiger partial charge in [0.25, 0.3) is 0 Å². The fraction of sp³-hybridized carbons (Fsp3) is 0.133. The number of hydrogen-bond donors (Lipinski definition) is 2. The first-order valence-electron chi connectivity index (χ1n) is 6.57. The largest absolute Gasteiger partial charge is 0.414 e. The molecule has 24 heavy (non-hydrogen) atoms. The molecule has 0 saturated carbocycles. The second-order valence-corrected chi connectivity index (χ2v) is 8.33. The van der Waals surface area contributed by atoms with Gasteiger partial charge in [-0.25, -0.2) is 4.79 Å². The van der Waals surface area contributed by atoms with Crippen LogP contribution in [0.4, 0.5) is 10.5 Å². The minimum atomic E-state index is -1.81. The molecule has 0 saturated heterocycles. The molecule has 0 fully saturated rings. The van der Waals surface area contributed by atoms with Crippen LogP contribution >= 0.6 is 62.3 Å². The number of anilines is 1. The highest BCUT2D eigenvalue weighted by atomic mass is 79.9. The maximum Gasteiger partial charge on any atom is 0.414 e. The number of rotatable bonds is 4. The number of alkyl halides is 3. The van der Waals surface area contributed by atoms with Gasteiger partial charge in [0.2, 0.25) is 3.79 Å². The van der Waals surface area contributed by atoms with Crippen molar-refractivity contribution in [3.05, 3.63) is 58.0 Å². The number of carbonyl (C=O) groups excluding carboxylic acids is 1. The highest BCUT2D eigenvalue weighted by Gasteiger charge is 2.34. The van der Waals surface area contributed by atoms with E-state index in [2.05, 4.69) is 26.6 Å². The van der Waals surface area contributed by atoms with Gasteiger partial charge in [0, 0.05) is 15.2 Å². The lowest BCUT2D eigenvalue weighted by Gasteiger charge is -2.27. The zero-order valence-electron chi connectivity index (χ0n) is 11.9. The van der Waals surface area contributed by atoms with E-state index in [1.165, 1.54) is 0 Å². The van der Waals surface area contributed by atoms with E-state index in [0.29, 0.717) is 16.5 Å². The van der Waals surface area contributed by atoms with E-state index >= 15 is 0 Å². The summed E-state index contributed by atoms with van der Waals surface area (Å²) < 4.78 is 4.20. The van der Waals surface area contributed by atoms with Gasteiger partial charge in [0.1, 0.15) is 11.9 Å². The molecule has 0 aliphatic rings. The highest BCUT2D eigenvalue weighted by molar-refractivity contribution is 9.10. The van der Waals surface area contributed by atoms with Gasteiger partial charge >= 0.3 is 6.09 Å². The molecule has 0 unspecified atom stereocenters.